The molecule has 9 heteroatoms. The topological polar surface area (TPSA) is 37.4 Å². The van der Waals surface area contributed by atoms with Crippen molar-refractivity contribution in [3.63, 3.8) is 0 Å². The van der Waals surface area contributed by atoms with Crippen LogP contribution in [0.2, 0.25) is 0 Å². The number of methoxy groups -OCH3 is 1. The van der Waals surface area contributed by atoms with Crippen LogP contribution in [0.25, 0.3) is 4.98 Å². The standard InChI is InChI=1S/C7H6BrN2O.BF4/c1-11-7-3-2-5(8)4-6(7)10-9;2-1(3,4)5/h2-4H,1H3;/q+1;-1. The highest BCUT2D eigenvalue weighted by Gasteiger charge is 2.20. The first-order valence-corrected chi connectivity index (χ1v) is 4.63. The third-order valence-corrected chi connectivity index (χ3v) is 1.74. The van der Waals surface area contributed by atoms with Gasteiger partial charge in [-0.1, -0.05) is 15.9 Å². The third-order valence-electron chi connectivity index (χ3n) is 1.25. The number of nitrogens with zero attached hydrogens (tertiary/aromatic N) is 2. The van der Waals surface area contributed by atoms with E-state index >= 15 is 0 Å². The van der Waals surface area contributed by atoms with Crippen LogP contribution in [-0.2, 0) is 0 Å². The Balaban J connectivity index is 0.000000385. The molecule has 0 spiro atoms. The summed E-state index contributed by atoms with van der Waals surface area (Å²) in [5, 5.41) is 8.50. The van der Waals surface area contributed by atoms with Gasteiger partial charge in [0.05, 0.1) is 13.2 Å². The van der Waals surface area contributed by atoms with Crippen LogP contribution in [0.1, 0.15) is 0 Å². The van der Waals surface area contributed by atoms with Crippen molar-refractivity contribution in [3.8, 4) is 5.75 Å². The molecule has 1 aromatic carbocycles. The summed E-state index contributed by atoms with van der Waals surface area (Å²) in [6, 6.07) is 5.20. The minimum atomic E-state index is -6.00. The minimum Gasteiger partial charge on any atom is -0.489 e. The lowest BCUT2D eigenvalue weighted by molar-refractivity contribution is 0.368. The molecule has 1 aromatic rings. The summed E-state index contributed by atoms with van der Waals surface area (Å²) in [5.74, 6) is 0.552. The van der Waals surface area contributed by atoms with Gasteiger partial charge in [0.1, 0.15) is 0 Å². The number of diazo groups is 1. The van der Waals surface area contributed by atoms with Gasteiger partial charge in [-0.05, 0) is 12.1 Å². The SMILES string of the molecule is COc1ccc(Br)cc1[N+]#N.F[B-](F)(F)F. The number of ether oxygens (including phenoxy) is 1. The molecule has 0 fully saturated rings. The Labute approximate surface area is 97.3 Å². The van der Waals surface area contributed by atoms with Gasteiger partial charge in [-0.15, -0.1) is 0 Å². The molecule has 0 radical (unpaired) electrons. The number of rotatable bonds is 1. The lowest BCUT2D eigenvalue weighted by Crippen LogP contribution is -2.02. The molecular formula is C7H6BBrF4N2O. The van der Waals surface area contributed by atoms with Gasteiger partial charge in [0.2, 0.25) is 11.1 Å². The maximum Gasteiger partial charge on any atom is 0.673 e. The Morgan fingerprint density at radius 1 is 1.31 bits per heavy atom. The predicted molar refractivity (Wildman–Crippen MR) is 55.6 cm³/mol. The molecular weight excluding hydrogens is 295 g/mol. The Morgan fingerprint density at radius 2 is 1.81 bits per heavy atom. The maximum absolute atomic E-state index is 9.75. The van der Waals surface area contributed by atoms with Crippen molar-refractivity contribution in [2.24, 2.45) is 0 Å². The molecule has 0 N–H and O–H groups in total. The summed E-state index contributed by atoms with van der Waals surface area (Å²) < 4.78 is 44.8. The molecule has 0 saturated heterocycles. The van der Waals surface area contributed by atoms with E-state index < -0.39 is 7.25 Å². The quantitative estimate of drug-likeness (QED) is 0.442. The Bertz CT molecular complexity index is 387. The zero-order valence-corrected chi connectivity index (χ0v) is 9.59. The molecule has 0 aliphatic heterocycles. The van der Waals surface area contributed by atoms with Crippen LogP contribution in [0, 0.1) is 5.39 Å². The van der Waals surface area contributed by atoms with Crippen LogP contribution < -0.4 is 4.74 Å². The fourth-order valence-corrected chi connectivity index (χ4v) is 1.09. The molecule has 0 aromatic heterocycles. The molecule has 0 aliphatic rings. The van der Waals surface area contributed by atoms with Gasteiger partial charge >= 0.3 is 12.9 Å². The van der Waals surface area contributed by atoms with Gasteiger partial charge in [-0.2, -0.15) is 0 Å². The van der Waals surface area contributed by atoms with Gasteiger partial charge in [-0.25, -0.2) is 0 Å². The van der Waals surface area contributed by atoms with Crippen molar-refractivity contribution < 1.29 is 22.0 Å². The second kappa shape index (κ2) is 6.32. The molecule has 0 heterocycles. The second-order valence-electron chi connectivity index (χ2n) is 2.41. The van der Waals surface area contributed by atoms with Crippen molar-refractivity contribution in [2.45, 2.75) is 0 Å². The van der Waals surface area contributed by atoms with E-state index in [1.807, 2.05) is 6.07 Å². The first-order valence-electron chi connectivity index (χ1n) is 3.84. The molecule has 3 nitrogen and oxygen atoms in total. The van der Waals surface area contributed by atoms with Crippen LogP contribution in [0.3, 0.4) is 0 Å². The Morgan fingerprint density at radius 3 is 2.19 bits per heavy atom. The highest BCUT2D eigenvalue weighted by Crippen LogP contribution is 2.30. The van der Waals surface area contributed by atoms with Gasteiger partial charge < -0.3 is 22.0 Å². The fraction of sp³-hybridized carbons (Fsp3) is 0.143. The lowest BCUT2D eigenvalue weighted by Gasteiger charge is -1.94. The van der Waals surface area contributed by atoms with E-state index in [1.165, 1.54) is 7.11 Å². The molecule has 16 heavy (non-hydrogen) atoms. The molecule has 0 unspecified atom stereocenters. The van der Waals surface area contributed by atoms with E-state index in [1.54, 1.807) is 12.1 Å². The average molecular weight is 301 g/mol. The van der Waals surface area contributed by atoms with E-state index in [9.17, 15) is 17.3 Å². The van der Waals surface area contributed by atoms with E-state index in [0.717, 1.165) is 4.47 Å². The van der Waals surface area contributed by atoms with Gasteiger partial charge in [-0.3, -0.25) is 0 Å². The highest BCUT2D eigenvalue weighted by atomic mass is 79.9. The Hall–Kier alpha value is -1.30. The summed E-state index contributed by atoms with van der Waals surface area (Å²) in [5.41, 5.74) is 0.418. The molecule has 0 aliphatic carbocycles. The van der Waals surface area contributed by atoms with Crippen LogP contribution in [0.4, 0.5) is 23.0 Å². The van der Waals surface area contributed by atoms with Crippen LogP contribution in [-0.4, -0.2) is 14.4 Å². The van der Waals surface area contributed by atoms with Crippen LogP contribution >= 0.6 is 15.9 Å². The summed E-state index contributed by atoms with van der Waals surface area (Å²) >= 11 is 3.24. The molecule has 0 atom stereocenters. The lowest BCUT2D eigenvalue weighted by atomic mass is 10.3. The van der Waals surface area contributed by atoms with E-state index in [4.69, 9.17) is 10.1 Å². The minimum absolute atomic E-state index is 0.418. The third kappa shape index (κ3) is 7.06. The van der Waals surface area contributed by atoms with Crippen molar-refractivity contribution in [3.05, 3.63) is 27.6 Å². The number of hydrogen-bond donors (Lipinski definition) is 0. The summed E-state index contributed by atoms with van der Waals surface area (Å²) in [6.07, 6.45) is 0. The smallest absolute Gasteiger partial charge is 0.489 e. The summed E-state index contributed by atoms with van der Waals surface area (Å²) in [4.78, 5) is 3.05. The largest absolute Gasteiger partial charge is 0.673 e. The average Bonchev–Trinajstić information content (AvgIpc) is 2.15. The predicted octanol–water partition coefficient (Wildman–Crippen LogP) is 4.24. The first-order chi connectivity index (χ1) is 7.27. The zero-order valence-electron chi connectivity index (χ0n) is 8.00. The molecule has 1 rings (SSSR count). The van der Waals surface area contributed by atoms with Crippen molar-refractivity contribution in [2.75, 3.05) is 7.11 Å². The van der Waals surface area contributed by atoms with Crippen molar-refractivity contribution in [1.82, 2.24) is 0 Å². The zero-order chi connectivity index (χ0) is 12.8. The normalized spacial score (nSPS) is 9.81. The van der Waals surface area contributed by atoms with Crippen LogP contribution in [0.5, 0.6) is 5.75 Å². The van der Waals surface area contributed by atoms with Gasteiger partial charge in [0.25, 0.3) is 0 Å². The number of benzene rings is 1. The van der Waals surface area contributed by atoms with Gasteiger partial charge in [0.15, 0.2) is 4.98 Å². The van der Waals surface area contributed by atoms with E-state index in [0.29, 0.717) is 11.4 Å². The van der Waals surface area contributed by atoms with Crippen LogP contribution in [0.15, 0.2) is 22.7 Å². The van der Waals surface area contributed by atoms with E-state index in [2.05, 4.69) is 20.9 Å². The first kappa shape index (κ1) is 14.7. The van der Waals surface area contributed by atoms with E-state index in [-0.39, 0.29) is 0 Å². The fourth-order valence-electron chi connectivity index (χ4n) is 0.741. The maximum atomic E-state index is 9.75. The number of halogens is 5. The highest BCUT2D eigenvalue weighted by molar-refractivity contribution is 9.10. The van der Waals surface area contributed by atoms with Crippen molar-refractivity contribution in [1.29, 1.82) is 5.39 Å². The molecule has 0 amide bonds. The van der Waals surface area contributed by atoms with Crippen molar-refractivity contribution >= 4 is 28.9 Å². The summed E-state index contributed by atoms with van der Waals surface area (Å²) in [7, 11) is -4.47. The summed E-state index contributed by atoms with van der Waals surface area (Å²) in [6.45, 7) is 0. The molecule has 0 saturated carbocycles. The number of hydrogen-bond acceptors (Lipinski definition) is 2. The molecule has 88 valence electrons. The second-order valence-corrected chi connectivity index (χ2v) is 3.33. The molecule has 0 bridgehead atoms. The monoisotopic (exact) mass is 300 g/mol. The van der Waals surface area contributed by atoms with Gasteiger partial charge in [0, 0.05) is 4.47 Å². The Kier molecular flexibility index (Phi) is 5.81.